The van der Waals surface area contributed by atoms with E-state index in [1.165, 1.54) is 30.2 Å². The Morgan fingerprint density at radius 1 is 1.30 bits per heavy atom. The highest BCUT2D eigenvalue weighted by Gasteiger charge is 2.04. The first-order chi connectivity index (χ1) is 4.79. The Bertz CT molecular complexity index is 121. The minimum atomic E-state index is 1.23. The normalized spacial score (nSPS) is 18.8. The number of nitrogens with zero attached hydrogens (tertiary/aromatic N) is 1. The van der Waals surface area contributed by atoms with Crippen LogP contribution in [-0.4, -0.2) is 29.5 Å². The molecule has 0 bridgehead atoms. The van der Waals surface area contributed by atoms with Gasteiger partial charge in [0.15, 0.2) is 0 Å². The van der Waals surface area contributed by atoms with Gasteiger partial charge in [-0.25, -0.2) is 0 Å². The fraction of sp³-hybridized carbons (Fsp3) is 0.750. The van der Waals surface area contributed by atoms with Crippen LogP contribution in [0.1, 0.15) is 13.8 Å². The summed E-state index contributed by atoms with van der Waals surface area (Å²) in [4.78, 5) is 2.41. The van der Waals surface area contributed by atoms with E-state index in [1.54, 1.807) is 0 Å². The molecule has 0 aliphatic carbocycles. The van der Waals surface area contributed by atoms with Crippen molar-refractivity contribution < 1.29 is 0 Å². The van der Waals surface area contributed by atoms with Gasteiger partial charge in [-0.2, -0.15) is 11.8 Å². The molecule has 2 heteroatoms. The van der Waals surface area contributed by atoms with Crippen LogP contribution in [0, 0.1) is 0 Å². The minimum Gasteiger partial charge on any atom is -0.376 e. The second kappa shape index (κ2) is 3.91. The van der Waals surface area contributed by atoms with Crippen molar-refractivity contribution in [3.63, 3.8) is 0 Å². The molecule has 1 aliphatic rings. The van der Waals surface area contributed by atoms with E-state index in [9.17, 15) is 0 Å². The van der Waals surface area contributed by atoms with Crippen LogP contribution in [0.3, 0.4) is 0 Å². The molecule has 1 saturated heterocycles. The lowest BCUT2D eigenvalue weighted by atomic mass is 10.3. The van der Waals surface area contributed by atoms with Crippen molar-refractivity contribution >= 4 is 11.8 Å². The molecular weight excluding hydrogens is 142 g/mol. The summed E-state index contributed by atoms with van der Waals surface area (Å²) in [7, 11) is 0. The summed E-state index contributed by atoms with van der Waals surface area (Å²) < 4.78 is 0. The number of allylic oxidation sites excluding steroid dienone is 1. The van der Waals surface area contributed by atoms with E-state index in [1.807, 2.05) is 0 Å². The maximum absolute atomic E-state index is 2.41. The van der Waals surface area contributed by atoms with Gasteiger partial charge in [-0.15, -0.1) is 0 Å². The molecule has 1 rings (SSSR count). The molecule has 0 radical (unpaired) electrons. The maximum atomic E-state index is 2.41. The molecule has 0 aromatic heterocycles. The molecule has 0 amide bonds. The predicted molar refractivity (Wildman–Crippen MR) is 48.3 cm³/mol. The quantitative estimate of drug-likeness (QED) is 0.572. The zero-order chi connectivity index (χ0) is 7.40. The van der Waals surface area contributed by atoms with Crippen LogP contribution in [0.25, 0.3) is 0 Å². The van der Waals surface area contributed by atoms with Crippen molar-refractivity contribution in [3.8, 4) is 0 Å². The fourth-order valence-electron chi connectivity index (χ4n) is 1.07. The topological polar surface area (TPSA) is 3.24 Å². The van der Waals surface area contributed by atoms with Crippen LogP contribution in [-0.2, 0) is 0 Å². The third-order valence-corrected chi connectivity index (χ3v) is 2.43. The summed E-state index contributed by atoms with van der Waals surface area (Å²) in [5, 5.41) is 0. The first-order valence-electron chi connectivity index (χ1n) is 3.76. The van der Waals surface area contributed by atoms with Gasteiger partial charge in [0, 0.05) is 24.6 Å². The van der Waals surface area contributed by atoms with Gasteiger partial charge < -0.3 is 4.90 Å². The minimum absolute atomic E-state index is 1.23. The number of rotatable bonds is 1. The van der Waals surface area contributed by atoms with Gasteiger partial charge >= 0.3 is 0 Å². The molecule has 1 heterocycles. The average molecular weight is 157 g/mol. The molecular formula is C8H15NS. The predicted octanol–water partition coefficient (Wildman–Crippen LogP) is 1.96. The first kappa shape index (κ1) is 7.99. The van der Waals surface area contributed by atoms with E-state index >= 15 is 0 Å². The Morgan fingerprint density at radius 2 is 1.90 bits per heavy atom. The smallest absolute Gasteiger partial charge is 0.0263 e. The van der Waals surface area contributed by atoms with Crippen molar-refractivity contribution in [2.24, 2.45) is 0 Å². The van der Waals surface area contributed by atoms with Crippen LogP contribution in [0.15, 0.2) is 11.8 Å². The van der Waals surface area contributed by atoms with E-state index in [-0.39, 0.29) is 0 Å². The van der Waals surface area contributed by atoms with E-state index in [0.717, 1.165) is 0 Å². The zero-order valence-corrected chi connectivity index (χ0v) is 7.58. The van der Waals surface area contributed by atoms with Gasteiger partial charge in [0.05, 0.1) is 0 Å². The Hall–Kier alpha value is -0.110. The van der Waals surface area contributed by atoms with Gasteiger partial charge in [0.2, 0.25) is 0 Å². The van der Waals surface area contributed by atoms with Crippen LogP contribution in [0.2, 0.25) is 0 Å². The molecule has 10 heavy (non-hydrogen) atoms. The molecule has 0 aromatic carbocycles. The number of thioether (sulfide) groups is 1. The Morgan fingerprint density at radius 3 is 2.40 bits per heavy atom. The van der Waals surface area contributed by atoms with Crippen molar-refractivity contribution in [3.05, 3.63) is 11.8 Å². The first-order valence-corrected chi connectivity index (χ1v) is 4.91. The van der Waals surface area contributed by atoms with Gasteiger partial charge in [-0.05, 0) is 20.0 Å². The van der Waals surface area contributed by atoms with Crippen LogP contribution in [0.4, 0.5) is 0 Å². The Balaban J connectivity index is 2.33. The maximum Gasteiger partial charge on any atom is 0.0263 e. The van der Waals surface area contributed by atoms with Gasteiger partial charge in [0.1, 0.15) is 0 Å². The standard InChI is InChI=1S/C8H15NS/c1-8(2)7-9-3-5-10-6-4-9/h7H,3-6H2,1-2H3. The summed E-state index contributed by atoms with van der Waals surface area (Å²) in [6.45, 7) is 6.77. The van der Waals surface area contributed by atoms with E-state index in [2.05, 4.69) is 36.7 Å². The highest BCUT2D eigenvalue weighted by Crippen LogP contribution is 2.09. The van der Waals surface area contributed by atoms with E-state index < -0.39 is 0 Å². The van der Waals surface area contributed by atoms with Gasteiger partial charge in [-0.1, -0.05) is 5.57 Å². The van der Waals surface area contributed by atoms with Crippen molar-refractivity contribution in [2.45, 2.75) is 13.8 Å². The van der Waals surface area contributed by atoms with E-state index in [0.29, 0.717) is 0 Å². The molecule has 1 nitrogen and oxygen atoms in total. The number of hydrogen-bond acceptors (Lipinski definition) is 2. The fourth-order valence-corrected chi connectivity index (χ4v) is 2.00. The summed E-state index contributed by atoms with van der Waals surface area (Å²) >= 11 is 2.05. The van der Waals surface area contributed by atoms with Crippen molar-refractivity contribution in [2.75, 3.05) is 24.6 Å². The SMILES string of the molecule is CC(C)=CN1CCSCC1. The highest BCUT2D eigenvalue weighted by atomic mass is 32.2. The van der Waals surface area contributed by atoms with Gasteiger partial charge in [0.25, 0.3) is 0 Å². The Labute approximate surface area is 67.5 Å². The summed E-state index contributed by atoms with van der Waals surface area (Å²) in [5.41, 5.74) is 1.41. The third kappa shape index (κ3) is 2.65. The molecule has 0 atom stereocenters. The molecule has 0 aromatic rings. The van der Waals surface area contributed by atoms with Gasteiger partial charge in [-0.3, -0.25) is 0 Å². The van der Waals surface area contributed by atoms with Crippen LogP contribution < -0.4 is 0 Å². The van der Waals surface area contributed by atoms with Crippen molar-refractivity contribution in [1.82, 2.24) is 4.90 Å². The molecule has 0 unspecified atom stereocenters. The van der Waals surface area contributed by atoms with Crippen LogP contribution >= 0.6 is 11.8 Å². The lowest BCUT2D eigenvalue weighted by Crippen LogP contribution is -2.27. The molecule has 1 fully saturated rings. The zero-order valence-electron chi connectivity index (χ0n) is 6.76. The summed E-state index contributed by atoms with van der Waals surface area (Å²) in [6.07, 6.45) is 2.26. The third-order valence-electron chi connectivity index (χ3n) is 1.49. The van der Waals surface area contributed by atoms with Crippen molar-refractivity contribution in [1.29, 1.82) is 0 Å². The summed E-state index contributed by atoms with van der Waals surface area (Å²) in [5.74, 6) is 2.59. The molecule has 1 aliphatic heterocycles. The second-order valence-electron chi connectivity index (χ2n) is 2.85. The van der Waals surface area contributed by atoms with E-state index in [4.69, 9.17) is 0 Å². The number of hydrogen-bond donors (Lipinski definition) is 0. The average Bonchev–Trinajstić information content (AvgIpc) is 1.88. The molecule has 0 spiro atoms. The summed E-state index contributed by atoms with van der Waals surface area (Å²) in [6, 6.07) is 0. The van der Waals surface area contributed by atoms with Crippen LogP contribution in [0.5, 0.6) is 0 Å². The highest BCUT2D eigenvalue weighted by molar-refractivity contribution is 7.99. The lowest BCUT2D eigenvalue weighted by Gasteiger charge is -2.25. The largest absolute Gasteiger partial charge is 0.376 e. The monoisotopic (exact) mass is 157 g/mol. The second-order valence-corrected chi connectivity index (χ2v) is 4.08. The molecule has 58 valence electrons. The lowest BCUT2D eigenvalue weighted by molar-refractivity contribution is 0.413. The molecule has 0 saturated carbocycles. The molecule has 0 N–H and O–H groups in total. The Kier molecular flexibility index (Phi) is 3.13.